The quantitative estimate of drug-likeness (QED) is 0.784. The molecule has 0 amide bonds. The summed E-state index contributed by atoms with van der Waals surface area (Å²) in [6.45, 7) is 9.15. The summed E-state index contributed by atoms with van der Waals surface area (Å²) in [5, 5.41) is 0. The van der Waals surface area contributed by atoms with Crippen LogP contribution < -0.4 is 5.73 Å². The van der Waals surface area contributed by atoms with E-state index in [4.69, 9.17) is 5.73 Å². The summed E-state index contributed by atoms with van der Waals surface area (Å²) in [7, 11) is -3.08. The van der Waals surface area contributed by atoms with Crippen LogP contribution in [0.5, 0.6) is 0 Å². The molecule has 14 heavy (non-hydrogen) atoms. The Labute approximate surface area is 88.0 Å². The third-order valence-corrected chi connectivity index (χ3v) is 5.41. The van der Waals surface area contributed by atoms with Gasteiger partial charge in [0.15, 0.2) is 9.84 Å². The van der Waals surface area contributed by atoms with Crippen LogP contribution in [0.25, 0.3) is 0 Å². The van der Waals surface area contributed by atoms with E-state index < -0.39 is 14.6 Å². The van der Waals surface area contributed by atoms with Gasteiger partial charge < -0.3 is 5.73 Å². The second-order valence-corrected chi connectivity index (χ2v) is 7.73. The van der Waals surface area contributed by atoms with Crippen molar-refractivity contribution in [3.63, 3.8) is 0 Å². The lowest BCUT2D eigenvalue weighted by molar-refractivity contribution is 0.461. The smallest absolute Gasteiger partial charge is 0.156 e. The molecule has 0 fully saturated rings. The van der Waals surface area contributed by atoms with Crippen molar-refractivity contribution in [3.05, 3.63) is 0 Å². The Balaban J connectivity index is 4.54. The highest BCUT2D eigenvalue weighted by Gasteiger charge is 2.31. The second-order valence-electron chi connectivity index (χ2n) is 4.94. The first-order valence-electron chi connectivity index (χ1n) is 5.09. The summed E-state index contributed by atoms with van der Waals surface area (Å²) in [5.41, 5.74) is 5.83. The zero-order valence-electron chi connectivity index (χ0n) is 9.87. The summed E-state index contributed by atoms with van der Waals surface area (Å²) in [4.78, 5) is 0. The first kappa shape index (κ1) is 13.9. The van der Waals surface area contributed by atoms with Gasteiger partial charge in [-0.2, -0.15) is 0 Å². The fourth-order valence-corrected chi connectivity index (χ4v) is 2.31. The van der Waals surface area contributed by atoms with Crippen molar-refractivity contribution in [1.82, 2.24) is 0 Å². The van der Waals surface area contributed by atoms with Gasteiger partial charge in [-0.15, -0.1) is 0 Å². The van der Waals surface area contributed by atoms with E-state index in [2.05, 4.69) is 0 Å². The van der Waals surface area contributed by atoms with Crippen molar-refractivity contribution in [2.75, 3.05) is 5.75 Å². The fraction of sp³-hybridized carbons (Fsp3) is 1.00. The number of nitrogens with two attached hydrogens (primary N) is 1. The van der Waals surface area contributed by atoms with Crippen LogP contribution in [0.2, 0.25) is 0 Å². The lowest BCUT2D eigenvalue weighted by Gasteiger charge is -2.24. The van der Waals surface area contributed by atoms with Gasteiger partial charge in [0.2, 0.25) is 0 Å². The summed E-state index contributed by atoms with van der Waals surface area (Å²) < 4.78 is 22.9. The highest BCUT2D eigenvalue weighted by atomic mass is 32.2. The molecule has 86 valence electrons. The van der Waals surface area contributed by atoms with Gasteiger partial charge in [-0.1, -0.05) is 20.3 Å². The minimum Gasteiger partial charge on any atom is -0.327 e. The van der Waals surface area contributed by atoms with Crippen molar-refractivity contribution in [1.29, 1.82) is 0 Å². The van der Waals surface area contributed by atoms with E-state index >= 15 is 0 Å². The Bertz CT molecular complexity index is 264. The molecule has 0 bridgehead atoms. The molecule has 0 spiro atoms. The van der Waals surface area contributed by atoms with Crippen molar-refractivity contribution >= 4 is 9.84 Å². The Morgan fingerprint density at radius 3 is 2.00 bits per heavy atom. The third-order valence-electron chi connectivity index (χ3n) is 2.72. The van der Waals surface area contributed by atoms with Crippen LogP contribution in [0.1, 0.15) is 41.0 Å². The third kappa shape index (κ3) is 3.58. The largest absolute Gasteiger partial charge is 0.327 e. The minimum absolute atomic E-state index is 0.0888. The lowest BCUT2D eigenvalue weighted by atomic mass is 10.0. The molecular weight excluding hydrogens is 198 g/mol. The SMILES string of the molecule is CCC(C)C(N)CS(=O)(=O)C(C)(C)C. The van der Waals surface area contributed by atoms with Gasteiger partial charge in [0.25, 0.3) is 0 Å². The van der Waals surface area contributed by atoms with Crippen LogP contribution in [0.15, 0.2) is 0 Å². The normalized spacial score (nSPS) is 17.9. The van der Waals surface area contributed by atoms with Crippen LogP contribution in [0, 0.1) is 5.92 Å². The number of hydrogen-bond donors (Lipinski definition) is 1. The molecule has 4 heteroatoms. The van der Waals surface area contributed by atoms with E-state index in [0.29, 0.717) is 0 Å². The van der Waals surface area contributed by atoms with Gasteiger partial charge >= 0.3 is 0 Å². The van der Waals surface area contributed by atoms with Gasteiger partial charge in [-0.25, -0.2) is 8.42 Å². The first-order valence-corrected chi connectivity index (χ1v) is 6.75. The molecule has 0 aliphatic rings. The highest BCUT2D eigenvalue weighted by Crippen LogP contribution is 2.18. The number of sulfone groups is 1. The maximum atomic E-state index is 11.8. The maximum Gasteiger partial charge on any atom is 0.156 e. The zero-order chi connectivity index (χ0) is 11.6. The Morgan fingerprint density at radius 2 is 1.71 bits per heavy atom. The standard InChI is InChI=1S/C10H23NO2S/c1-6-8(2)9(11)7-14(12,13)10(3,4)5/h8-9H,6-7,11H2,1-5H3. The lowest BCUT2D eigenvalue weighted by Crippen LogP contribution is -2.41. The van der Waals surface area contributed by atoms with Gasteiger partial charge in [0.05, 0.1) is 10.5 Å². The summed E-state index contributed by atoms with van der Waals surface area (Å²) in [5.74, 6) is 0.345. The zero-order valence-corrected chi connectivity index (χ0v) is 10.7. The molecule has 0 aromatic rings. The van der Waals surface area contributed by atoms with Gasteiger partial charge in [0.1, 0.15) is 0 Å². The number of hydrogen-bond acceptors (Lipinski definition) is 3. The molecule has 0 aliphatic carbocycles. The van der Waals surface area contributed by atoms with Crippen LogP contribution in [-0.2, 0) is 9.84 Å². The van der Waals surface area contributed by atoms with Crippen molar-refractivity contribution in [2.24, 2.45) is 11.7 Å². The predicted octanol–water partition coefficient (Wildman–Crippen LogP) is 1.57. The predicted molar refractivity (Wildman–Crippen MR) is 61.0 cm³/mol. The highest BCUT2D eigenvalue weighted by molar-refractivity contribution is 7.92. The van der Waals surface area contributed by atoms with Crippen LogP contribution in [-0.4, -0.2) is 25.0 Å². The van der Waals surface area contributed by atoms with Crippen molar-refractivity contribution in [3.8, 4) is 0 Å². The van der Waals surface area contributed by atoms with E-state index in [1.165, 1.54) is 0 Å². The first-order chi connectivity index (χ1) is 6.12. The van der Waals surface area contributed by atoms with E-state index in [9.17, 15) is 8.42 Å². The Morgan fingerprint density at radius 1 is 1.29 bits per heavy atom. The molecule has 2 N–H and O–H groups in total. The van der Waals surface area contributed by atoms with Gasteiger partial charge in [-0.05, 0) is 26.7 Å². The van der Waals surface area contributed by atoms with Crippen molar-refractivity contribution in [2.45, 2.75) is 51.8 Å². The topological polar surface area (TPSA) is 60.2 Å². The molecule has 2 atom stereocenters. The summed E-state index contributed by atoms with van der Waals surface area (Å²) >= 11 is 0. The molecule has 0 aromatic heterocycles. The summed E-state index contributed by atoms with van der Waals surface area (Å²) in [6, 6.07) is -0.246. The average molecular weight is 221 g/mol. The van der Waals surface area contributed by atoms with Gasteiger partial charge in [0, 0.05) is 6.04 Å². The second kappa shape index (κ2) is 4.62. The van der Waals surface area contributed by atoms with Crippen LogP contribution >= 0.6 is 0 Å². The minimum atomic E-state index is -3.08. The maximum absolute atomic E-state index is 11.8. The fourth-order valence-electron chi connectivity index (χ4n) is 0.970. The van der Waals surface area contributed by atoms with E-state index in [1.54, 1.807) is 20.8 Å². The molecule has 0 saturated carbocycles. The molecular formula is C10H23NO2S. The molecule has 0 rings (SSSR count). The molecule has 0 saturated heterocycles. The monoisotopic (exact) mass is 221 g/mol. The molecule has 0 heterocycles. The van der Waals surface area contributed by atoms with Crippen LogP contribution in [0.4, 0.5) is 0 Å². The van der Waals surface area contributed by atoms with E-state index in [1.807, 2.05) is 13.8 Å². The molecule has 0 aliphatic heterocycles. The molecule has 3 nitrogen and oxygen atoms in total. The Kier molecular flexibility index (Phi) is 4.59. The van der Waals surface area contributed by atoms with Crippen molar-refractivity contribution < 1.29 is 8.42 Å². The van der Waals surface area contributed by atoms with E-state index in [0.717, 1.165) is 6.42 Å². The van der Waals surface area contributed by atoms with E-state index in [-0.39, 0.29) is 17.7 Å². The summed E-state index contributed by atoms with van der Waals surface area (Å²) in [6.07, 6.45) is 0.917. The molecule has 0 radical (unpaired) electrons. The Hall–Kier alpha value is -0.0900. The number of rotatable bonds is 4. The average Bonchev–Trinajstić information content (AvgIpc) is 2.00. The molecule has 0 aromatic carbocycles. The van der Waals surface area contributed by atoms with Crippen LogP contribution in [0.3, 0.4) is 0 Å². The van der Waals surface area contributed by atoms with Gasteiger partial charge in [-0.3, -0.25) is 0 Å². The molecule has 2 unspecified atom stereocenters.